The van der Waals surface area contributed by atoms with E-state index in [1.807, 2.05) is 0 Å². The molecule has 1 aliphatic carbocycles. The third-order valence-electron chi connectivity index (χ3n) is 3.93. The van der Waals surface area contributed by atoms with Crippen molar-refractivity contribution < 1.29 is 23.2 Å². The van der Waals surface area contributed by atoms with E-state index < -0.39 is 28.6 Å². The van der Waals surface area contributed by atoms with Crippen molar-refractivity contribution in [2.75, 3.05) is 13.2 Å². The van der Waals surface area contributed by atoms with E-state index in [0.29, 0.717) is 19.4 Å². The Balaban J connectivity index is 1.93. The maximum Gasteiger partial charge on any atom is 0.316 e. The van der Waals surface area contributed by atoms with E-state index in [1.54, 1.807) is 0 Å². The van der Waals surface area contributed by atoms with Crippen molar-refractivity contribution in [3.8, 4) is 0 Å². The van der Waals surface area contributed by atoms with Gasteiger partial charge in [-0.3, -0.25) is 19.6 Å². The molecule has 23 heavy (non-hydrogen) atoms. The average Bonchev–Trinajstić information content (AvgIpc) is 2.93. The molecule has 2 N–H and O–H groups in total. The number of carbonyl (C=O) groups excluding carboxylic acids is 1. The molecule has 8 nitrogen and oxygen atoms in total. The zero-order valence-electron chi connectivity index (χ0n) is 12.4. The maximum atomic E-state index is 12.8. The molecule has 2 rings (SSSR count). The van der Waals surface area contributed by atoms with Crippen LogP contribution in [0.4, 0.5) is 14.5 Å². The van der Waals surface area contributed by atoms with Gasteiger partial charge in [0.25, 0.3) is 6.43 Å². The first-order chi connectivity index (χ1) is 10.9. The lowest BCUT2D eigenvalue weighted by molar-refractivity contribution is -0.386. The van der Waals surface area contributed by atoms with Gasteiger partial charge in [0.2, 0.25) is 11.6 Å². The van der Waals surface area contributed by atoms with Gasteiger partial charge in [-0.25, -0.2) is 8.78 Å². The summed E-state index contributed by atoms with van der Waals surface area (Å²) in [5.74, 6) is -0.271. The minimum absolute atomic E-state index is 0.122. The molecule has 0 atom stereocenters. The predicted molar refractivity (Wildman–Crippen MR) is 74.8 cm³/mol. The number of amides is 1. The van der Waals surface area contributed by atoms with Crippen molar-refractivity contribution in [1.29, 1.82) is 0 Å². The van der Waals surface area contributed by atoms with Gasteiger partial charge in [0.1, 0.15) is 12.8 Å². The number of hydrogen-bond donors (Lipinski definition) is 1. The van der Waals surface area contributed by atoms with Crippen molar-refractivity contribution in [2.45, 2.75) is 38.2 Å². The summed E-state index contributed by atoms with van der Waals surface area (Å²) in [6, 6.07) is -0.145. The van der Waals surface area contributed by atoms with Crippen molar-refractivity contribution in [3.63, 3.8) is 0 Å². The van der Waals surface area contributed by atoms with Crippen molar-refractivity contribution in [3.05, 3.63) is 22.0 Å². The number of nitro groups is 1. The summed E-state index contributed by atoms with van der Waals surface area (Å²) in [6.45, 7) is 0.292. The summed E-state index contributed by atoms with van der Waals surface area (Å²) in [5, 5.41) is 14.5. The Hall–Kier alpha value is -2.10. The largest absolute Gasteiger partial charge is 0.371 e. The normalized spacial score (nSPS) is 21.5. The number of rotatable bonds is 7. The van der Waals surface area contributed by atoms with Gasteiger partial charge >= 0.3 is 5.69 Å². The molecule has 1 aliphatic rings. The Labute approximate surface area is 130 Å². The lowest BCUT2D eigenvalue weighted by Crippen LogP contribution is -2.24. The van der Waals surface area contributed by atoms with Crippen LogP contribution in [0.25, 0.3) is 0 Å². The molecule has 0 radical (unpaired) electrons. The highest BCUT2D eigenvalue weighted by molar-refractivity contribution is 5.74. The lowest BCUT2D eigenvalue weighted by atomic mass is 9.86. The van der Waals surface area contributed by atoms with Crippen LogP contribution in [0.5, 0.6) is 0 Å². The molecule has 0 unspecified atom stereocenters. The topological polar surface area (TPSA) is 113 Å². The highest BCUT2D eigenvalue weighted by Gasteiger charge is 2.30. The predicted octanol–water partition coefficient (Wildman–Crippen LogP) is 1.96. The van der Waals surface area contributed by atoms with Gasteiger partial charge in [0.05, 0.1) is 17.6 Å². The van der Waals surface area contributed by atoms with Gasteiger partial charge < -0.3 is 10.5 Å². The summed E-state index contributed by atoms with van der Waals surface area (Å²) >= 11 is 0. The lowest BCUT2D eigenvalue weighted by Gasteiger charge is -2.28. The number of primary amides is 1. The van der Waals surface area contributed by atoms with Crippen LogP contribution in [-0.4, -0.2) is 33.8 Å². The highest BCUT2D eigenvalue weighted by atomic mass is 19.3. The second-order valence-corrected chi connectivity index (χ2v) is 5.59. The first-order valence-electron chi connectivity index (χ1n) is 7.26. The number of carbonyl (C=O) groups is 1. The maximum absolute atomic E-state index is 12.8. The van der Waals surface area contributed by atoms with E-state index in [9.17, 15) is 23.7 Å². The number of nitrogens with zero attached hydrogens (tertiary/aromatic N) is 3. The molecule has 0 saturated heterocycles. The van der Waals surface area contributed by atoms with Crippen LogP contribution in [0.15, 0.2) is 6.20 Å². The van der Waals surface area contributed by atoms with Gasteiger partial charge in [-0.15, -0.1) is 0 Å². The fourth-order valence-corrected chi connectivity index (χ4v) is 2.78. The van der Waals surface area contributed by atoms with E-state index in [1.165, 1.54) is 4.68 Å². The molecule has 1 heterocycles. The number of ether oxygens (including phenoxy) is 1. The van der Waals surface area contributed by atoms with Crippen LogP contribution in [0.3, 0.4) is 0 Å². The van der Waals surface area contributed by atoms with E-state index in [4.69, 9.17) is 10.5 Å². The van der Waals surface area contributed by atoms with Gasteiger partial charge in [0.15, 0.2) is 0 Å². The molecule has 128 valence electrons. The third kappa shape index (κ3) is 4.44. The second kappa shape index (κ2) is 7.44. The van der Waals surface area contributed by atoms with Crippen LogP contribution < -0.4 is 5.73 Å². The number of nitrogens with two attached hydrogens (primary N) is 1. The Morgan fingerprint density at radius 2 is 2.13 bits per heavy atom. The molecule has 0 aromatic carbocycles. The highest BCUT2D eigenvalue weighted by Crippen LogP contribution is 2.35. The Morgan fingerprint density at radius 3 is 2.61 bits per heavy atom. The second-order valence-electron chi connectivity index (χ2n) is 5.59. The molecule has 1 amide bonds. The monoisotopic (exact) mass is 332 g/mol. The molecular weight excluding hydrogens is 314 g/mol. The fraction of sp³-hybridized carbons (Fsp3) is 0.692. The van der Waals surface area contributed by atoms with Gasteiger partial charge in [0, 0.05) is 0 Å². The summed E-state index contributed by atoms with van der Waals surface area (Å²) < 4.78 is 32.1. The Bertz CT molecular complexity index is 570. The number of halogens is 2. The summed E-state index contributed by atoms with van der Waals surface area (Å²) in [4.78, 5) is 20.6. The molecule has 1 aromatic rings. The van der Waals surface area contributed by atoms with Crippen molar-refractivity contribution in [1.82, 2.24) is 9.78 Å². The van der Waals surface area contributed by atoms with Gasteiger partial charge in [-0.1, -0.05) is 0 Å². The zero-order chi connectivity index (χ0) is 17.0. The summed E-state index contributed by atoms with van der Waals surface area (Å²) in [5.41, 5.74) is 3.54. The van der Waals surface area contributed by atoms with E-state index in [0.717, 1.165) is 19.0 Å². The average molecular weight is 332 g/mol. The van der Waals surface area contributed by atoms with Gasteiger partial charge in [-0.2, -0.15) is 5.10 Å². The number of aromatic nitrogens is 2. The zero-order valence-corrected chi connectivity index (χ0v) is 12.4. The van der Waals surface area contributed by atoms with Crippen LogP contribution >= 0.6 is 0 Å². The molecular formula is C13H18F2N4O4. The first kappa shape index (κ1) is 17.3. The fourth-order valence-electron chi connectivity index (χ4n) is 2.78. The summed E-state index contributed by atoms with van der Waals surface area (Å²) in [7, 11) is 0. The Morgan fingerprint density at radius 1 is 1.48 bits per heavy atom. The van der Waals surface area contributed by atoms with Crippen LogP contribution in [0, 0.1) is 16.0 Å². The summed E-state index contributed by atoms with van der Waals surface area (Å²) in [6.07, 6.45) is 0.950. The number of alkyl halides is 2. The van der Waals surface area contributed by atoms with Crippen LogP contribution in [0.2, 0.25) is 0 Å². The minimum atomic E-state index is -2.98. The van der Waals surface area contributed by atoms with Crippen LogP contribution in [-0.2, 0) is 9.53 Å². The SMILES string of the molecule is NC(=O)COCC1CCC(n2cc([N+](=O)[O-])c(C(F)F)n2)CC1. The van der Waals surface area contributed by atoms with Gasteiger partial charge in [-0.05, 0) is 31.6 Å². The molecule has 1 fully saturated rings. The minimum Gasteiger partial charge on any atom is -0.371 e. The quantitative estimate of drug-likeness (QED) is 0.605. The smallest absolute Gasteiger partial charge is 0.316 e. The van der Waals surface area contributed by atoms with E-state index in [2.05, 4.69) is 5.10 Å². The Kier molecular flexibility index (Phi) is 5.59. The van der Waals surface area contributed by atoms with Crippen LogP contribution in [0.1, 0.15) is 43.8 Å². The molecule has 0 bridgehead atoms. The van der Waals surface area contributed by atoms with E-state index >= 15 is 0 Å². The molecule has 10 heteroatoms. The molecule has 0 spiro atoms. The molecule has 0 aliphatic heterocycles. The van der Waals surface area contributed by atoms with Crippen molar-refractivity contribution >= 4 is 11.6 Å². The number of hydrogen-bond acceptors (Lipinski definition) is 5. The van der Waals surface area contributed by atoms with E-state index in [-0.39, 0.29) is 18.6 Å². The standard InChI is InChI=1S/C13H18F2N4O4/c14-13(15)12-10(19(21)22)5-18(17-12)9-3-1-8(2-4-9)6-23-7-11(16)20/h5,8-9,13H,1-4,6-7H2,(H2,16,20). The van der Waals surface area contributed by atoms with Crippen molar-refractivity contribution in [2.24, 2.45) is 11.7 Å². The molecule has 1 saturated carbocycles. The molecule has 1 aromatic heterocycles. The third-order valence-corrected chi connectivity index (χ3v) is 3.93. The first-order valence-corrected chi connectivity index (χ1v) is 7.26.